The third-order valence-electron chi connectivity index (χ3n) is 3.29. The van der Waals surface area contributed by atoms with Gasteiger partial charge in [-0.3, -0.25) is 0 Å². The maximum absolute atomic E-state index is 11.4. The van der Waals surface area contributed by atoms with Crippen molar-refractivity contribution >= 4 is 9.84 Å². The molecule has 1 saturated heterocycles. The van der Waals surface area contributed by atoms with Gasteiger partial charge in [-0.25, -0.2) is 8.42 Å². The van der Waals surface area contributed by atoms with Crippen molar-refractivity contribution < 1.29 is 8.42 Å². The van der Waals surface area contributed by atoms with Gasteiger partial charge < -0.3 is 0 Å². The summed E-state index contributed by atoms with van der Waals surface area (Å²) in [6.07, 6.45) is 3.91. The minimum Gasteiger partial charge on any atom is -0.229 e. The van der Waals surface area contributed by atoms with Crippen LogP contribution < -0.4 is 0 Å². The maximum Gasteiger partial charge on any atom is 0.150 e. The van der Waals surface area contributed by atoms with E-state index in [4.69, 9.17) is 5.26 Å². The fourth-order valence-corrected chi connectivity index (χ4v) is 4.19. The van der Waals surface area contributed by atoms with Crippen molar-refractivity contribution in [3.05, 3.63) is 0 Å². The molecule has 0 radical (unpaired) electrons. The first-order valence-corrected chi connectivity index (χ1v) is 7.04. The monoisotopic (exact) mass is 213 g/mol. The largest absolute Gasteiger partial charge is 0.229 e. The van der Waals surface area contributed by atoms with E-state index in [9.17, 15) is 8.42 Å². The van der Waals surface area contributed by atoms with Crippen LogP contribution in [-0.4, -0.2) is 19.9 Å². The molecule has 2 unspecified atom stereocenters. The van der Waals surface area contributed by atoms with E-state index in [-0.39, 0.29) is 17.6 Å². The Balaban J connectivity index is 2.06. The van der Waals surface area contributed by atoms with Crippen molar-refractivity contribution in [3.8, 4) is 6.07 Å². The average molecular weight is 213 g/mol. The summed E-state index contributed by atoms with van der Waals surface area (Å²) in [5.41, 5.74) is 0. The first-order valence-electron chi connectivity index (χ1n) is 5.22. The maximum atomic E-state index is 11.4. The molecule has 14 heavy (non-hydrogen) atoms. The van der Waals surface area contributed by atoms with Crippen LogP contribution in [0.4, 0.5) is 0 Å². The second-order valence-electron chi connectivity index (χ2n) is 4.51. The molecule has 4 heteroatoms. The van der Waals surface area contributed by atoms with Gasteiger partial charge in [0.1, 0.15) is 0 Å². The second-order valence-corrected chi connectivity index (χ2v) is 6.74. The molecule has 0 N–H and O–H groups in total. The number of nitriles is 1. The van der Waals surface area contributed by atoms with Crippen molar-refractivity contribution in [2.24, 2.45) is 17.8 Å². The van der Waals surface area contributed by atoms with E-state index in [2.05, 4.69) is 6.07 Å². The van der Waals surface area contributed by atoms with Gasteiger partial charge in [0.25, 0.3) is 0 Å². The van der Waals surface area contributed by atoms with Gasteiger partial charge in [0.2, 0.25) is 0 Å². The second kappa shape index (κ2) is 3.54. The lowest BCUT2D eigenvalue weighted by Crippen LogP contribution is -2.30. The van der Waals surface area contributed by atoms with Crippen LogP contribution in [0.3, 0.4) is 0 Å². The molecule has 2 aliphatic rings. The van der Waals surface area contributed by atoms with Crippen molar-refractivity contribution in [3.63, 3.8) is 0 Å². The Morgan fingerprint density at radius 1 is 1.21 bits per heavy atom. The summed E-state index contributed by atoms with van der Waals surface area (Å²) in [5.74, 6) is 1.20. The summed E-state index contributed by atoms with van der Waals surface area (Å²) in [7, 11) is -2.84. The quantitative estimate of drug-likeness (QED) is 0.696. The topological polar surface area (TPSA) is 57.9 Å². The molecule has 2 fully saturated rings. The Kier molecular flexibility index (Phi) is 2.52. The molecule has 0 aromatic carbocycles. The standard InChI is InChI=1S/C10H15NO2S/c11-6-10(8-3-4-8)9-2-1-5-14(12,13)7-9/h8-10H,1-5,7H2. The number of sulfone groups is 1. The Morgan fingerprint density at radius 3 is 2.43 bits per heavy atom. The van der Waals surface area contributed by atoms with Crippen LogP contribution in [0.5, 0.6) is 0 Å². The lowest BCUT2D eigenvalue weighted by molar-refractivity contribution is 0.359. The van der Waals surface area contributed by atoms with Crippen molar-refractivity contribution in [2.75, 3.05) is 11.5 Å². The summed E-state index contributed by atoms with van der Waals surface area (Å²) in [6.45, 7) is 0. The van der Waals surface area contributed by atoms with Gasteiger partial charge in [0.15, 0.2) is 9.84 Å². The number of hydrogen-bond donors (Lipinski definition) is 0. The lowest BCUT2D eigenvalue weighted by Gasteiger charge is -2.25. The van der Waals surface area contributed by atoms with Crippen molar-refractivity contribution in [1.82, 2.24) is 0 Å². The van der Waals surface area contributed by atoms with E-state index in [1.165, 1.54) is 0 Å². The van der Waals surface area contributed by atoms with Gasteiger partial charge >= 0.3 is 0 Å². The van der Waals surface area contributed by atoms with Gasteiger partial charge in [-0.15, -0.1) is 0 Å². The Labute approximate surface area is 85.0 Å². The van der Waals surface area contributed by atoms with Gasteiger partial charge in [-0.05, 0) is 37.5 Å². The molecule has 0 aromatic heterocycles. The molecule has 3 nitrogen and oxygen atoms in total. The molecule has 0 aromatic rings. The van der Waals surface area contributed by atoms with E-state index in [1.54, 1.807) is 0 Å². The SMILES string of the molecule is N#CC(C1CC1)C1CCCS(=O)(=O)C1. The highest BCUT2D eigenvalue weighted by Crippen LogP contribution is 2.42. The van der Waals surface area contributed by atoms with Crippen LogP contribution in [0.2, 0.25) is 0 Å². The minimum atomic E-state index is -2.84. The molecular weight excluding hydrogens is 198 g/mol. The normalized spacial score (nSPS) is 33.2. The fourth-order valence-electron chi connectivity index (χ4n) is 2.39. The number of nitrogens with zero attached hydrogens (tertiary/aromatic N) is 1. The molecule has 0 spiro atoms. The van der Waals surface area contributed by atoms with Gasteiger partial charge in [0.05, 0.1) is 23.5 Å². The van der Waals surface area contributed by atoms with E-state index in [0.29, 0.717) is 11.7 Å². The molecule has 1 heterocycles. The lowest BCUT2D eigenvalue weighted by atomic mass is 9.87. The summed E-state index contributed by atoms with van der Waals surface area (Å²) in [4.78, 5) is 0. The van der Waals surface area contributed by atoms with Crippen LogP contribution in [-0.2, 0) is 9.84 Å². The van der Waals surface area contributed by atoms with E-state index in [1.807, 2.05) is 0 Å². The average Bonchev–Trinajstić information content (AvgIpc) is 2.88. The Morgan fingerprint density at radius 2 is 1.93 bits per heavy atom. The highest BCUT2D eigenvalue weighted by molar-refractivity contribution is 7.91. The highest BCUT2D eigenvalue weighted by Gasteiger charge is 2.39. The molecule has 78 valence electrons. The number of hydrogen-bond acceptors (Lipinski definition) is 3. The van der Waals surface area contributed by atoms with Gasteiger partial charge in [-0.1, -0.05) is 0 Å². The zero-order valence-electron chi connectivity index (χ0n) is 8.15. The Hall–Kier alpha value is -0.560. The highest BCUT2D eigenvalue weighted by atomic mass is 32.2. The summed E-state index contributed by atoms with van der Waals surface area (Å²) in [6, 6.07) is 2.31. The molecule has 0 bridgehead atoms. The first-order chi connectivity index (χ1) is 6.62. The van der Waals surface area contributed by atoms with E-state index in [0.717, 1.165) is 25.7 Å². The fraction of sp³-hybridized carbons (Fsp3) is 0.900. The molecule has 2 rings (SSSR count). The third kappa shape index (κ3) is 2.09. The van der Waals surface area contributed by atoms with Crippen LogP contribution in [0.1, 0.15) is 25.7 Å². The van der Waals surface area contributed by atoms with Crippen molar-refractivity contribution in [2.45, 2.75) is 25.7 Å². The molecule has 1 saturated carbocycles. The zero-order valence-corrected chi connectivity index (χ0v) is 8.96. The van der Waals surface area contributed by atoms with Gasteiger partial charge in [-0.2, -0.15) is 5.26 Å². The summed E-state index contributed by atoms with van der Waals surface area (Å²) in [5, 5.41) is 9.01. The van der Waals surface area contributed by atoms with Crippen LogP contribution in [0.15, 0.2) is 0 Å². The molecule has 1 aliphatic carbocycles. The van der Waals surface area contributed by atoms with Crippen LogP contribution in [0.25, 0.3) is 0 Å². The molecule has 0 amide bonds. The zero-order chi connectivity index (χ0) is 10.2. The summed E-state index contributed by atoms with van der Waals surface area (Å²) < 4.78 is 22.8. The van der Waals surface area contributed by atoms with Gasteiger partial charge in [0, 0.05) is 0 Å². The predicted octanol–water partition coefficient (Wildman–Crippen LogP) is 1.36. The smallest absolute Gasteiger partial charge is 0.150 e. The number of rotatable bonds is 2. The van der Waals surface area contributed by atoms with Crippen LogP contribution >= 0.6 is 0 Å². The predicted molar refractivity (Wildman–Crippen MR) is 53.2 cm³/mol. The van der Waals surface area contributed by atoms with E-state index < -0.39 is 9.84 Å². The molecule has 2 atom stereocenters. The molecule has 1 aliphatic heterocycles. The van der Waals surface area contributed by atoms with E-state index >= 15 is 0 Å². The molecular formula is C10H15NO2S. The Bertz CT molecular complexity index is 351. The minimum absolute atomic E-state index is 0.00470. The van der Waals surface area contributed by atoms with Crippen molar-refractivity contribution in [1.29, 1.82) is 5.26 Å². The first kappa shape index (κ1) is 9.97. The van der Waals surface area contributed by atoms with Crippen LogP contribution in [0, 0.1) is 29.1 Å². The third-order valence-corrected chi connectivity index (χ3v) is 5.13. The summed E-state index contributed by atoms with van der Waals surface area (Å²) >= 11 is 0.